The first-order chi connectivity index (χ1) is 20.8. The SMILES string of the molecule is [Ru+3].c1ccc2c(c1)ccc1cccnc12.c1ccc2c(c1)ccc1cccnc12.c1ccc2c(c1)ccc1cccnc12. The van der Waals surface area contributed by atoms with E-state index in [1.54, 1.807) is 0 Å². The van der Waals surface area contributed by atoms with E-state index in [0.29, 0.717) is 0 Å². The summed E-state index contributed by atoms with van der Waals surface area (Å²) in [5.74, 6) is 0. The van der Waals surface area contributed by atoms with Crippen molar-refractivity contribution in [1.29, 1.82) is 0 Å². The van der Waals surface area contributed by atoms with Crippen LogP contribution in [0.2, 0.25) is 0 Å². The number of fused-ring (bicyclic) bond motifs is 9. The molecule has 0 aliphatic heterocycles. The minimum absolute atomic E-state index is 0. The standard InChI is InChI=1S/3C13H9N.Ru/c3*1-2-6-12-10(4-1)7-8-11-5-3-9-14-13(11)12;/h3*1-9H;/q;;;+3. The van der Waals surface area contributed by atoms with E-state index in [1.165, 1.54) is 48.5 Å². The summed E-state index contributed by atoms with van der Waals surface area (Å²) in [6.45, 7) is 0. The molecule has 0 saturated heterocycles. The molecule has 0 aliphatic carbocycles. The van der Waals surface area contributed by atoms with Gasteiger partial charge in [0.1, 0.15) is 0 Å². The number of aromatic nitrogens is 3. The average Bonchev–Trinajstić information content (AvgIpc) is 3.09. The second-order valence-electron chi connectivity index (χ2n) is 10.1. The van der Waals surface area contributed by atoms with E-state index in [2.05, 4.69) is 142 Å². The first kappa shape index (κ1) is 28.1. The summed E-state index contributed by atoms with van der Waals surface area (Å²) in [7, 11) is 0. The van der Waals surface area contributed by atoms with Crippen molar-refractivity contribution in [2.45, 2.75) is 0 Å². The van der Waals surface area contributed by atoms with Crippen LogP contribution in [0, 0.1) is 0 Å². The van der Waals surface area contributed by atoms with Gasteiger partial charge in [-0.15, -0.1) is 0 Å². The minimum Gasteiger partial charge on any atom is -0.256 e. The Morgan fingerprint density at radius 3 is 0.837 bits per heavy atom. The minimum atomic E-state index is 0. The van der Waals surface area contributed by atoms with E-state index in [-0.39, 0.29) is 19.5 Å². The Kier molecular flexibility index (Phi) is 8.40. The van der Waals surface area contributed by atoms with Crippen LogP contribution < -0.4 is 0 Å². The third kappa shape index (κ3) is 5.84. The van der Waals surface area contributed by atoms with Crippen LogP contribution >= 0.6 is 0 Å². The molecule has 9 aromatic rings. The molecule has 203 valence electrons. The molecule has 1 radical (unpaired) electrons. The molecular formula is C39H27N3Ru+3. The number of benzene rings is 6. The van der Waals surface area contributed by atoms with Crippen molar-refractivity contribution in [3.63, 3.8) is 0 Å². The van der Waals surface area contributed by atoms with Crippen LogP contribution in [0.5, 0.6) is 0 Å². The van der Waals surface area contributed by atoms with Gasteiger partial charge in [-0.05, 0) is 34.4 Å². The molecule has 0 spiro atoms. The summed E-state index contributed by atoms with van der Waals surface area (Å²) in [6.07, 6.45) is 5.53. The first-order valence-corrected chi connectivity index (χ1v) is 14.0. The van der Waals surface area contributed by atoms with Crippen LogP contribution in [0.15, 0.2) is 164 Å². The molecule has 4 heteroatoms. The molecule has 0 atom stereocenters. The molecular weight excluding hydrogens is 612 g/mol. The Morgan fingerprint density at radius 2 is 0.512 bits per heavy atom. The van der Waals surface area contributed by atoms with Gasteiger partial charge in [0.25, 0.3) is 0 Å². The van der Waals surface area contributed by atoms with Crippen molar-refractivity contribution < 1.29 is 19.5 Å². The fraction of sp³-hybridized carbons (Fsp3) is 0. The summed E-state index contributed by atoms with van der Waals surface area (Å²) < 4.78 is 0. The van der Waals surface area contributed by atoms with Crippen molar-refractivity contribution in [3.05, 3.63) is 164 Å². The van der Waals surface area contributed by atoms with Gasteiger partial charge >= 0.3 is 19.5 Å². The first-order valence-electron chi connectivity index (χ1n) is 14.0. The largest absolute Gasteiger partial charge is 3.00 e. The number of rotatable bonds is 0. The molecule has 0 unspecified atom stereocenters. The quantitative estimate of drug-likeness (QED) is 0.123. The van der Waals surface area contributed by atoms with E-state index in [9.17, 15) is 0 Å². The van der Waals surface area contributed by atoms with Gasteiger partial charge in [-0.25, -0.2) is 0 Å². The summed E-state index contributed by atoms with van der Waals surface area (Å²) in [5, 5.41) is 11.0. The van der Waals surface area contributed by atoms with E-state index >= 15 is 0 Å². The Hall–Kier alpha value is -5.05. The van der Waals surface area contributed by atoms with E-state index < -0.39 is 0 Å². The molecule has 0 saturated carbocycles. The Bertz CT molecular complexity index is 1900. The van der Waals surface area contributed by atoms with Gasteiger partial charge < -0.3 is 0 Å². The van der Waals surface area contributed by atoms with Gasteiger partial charge in [-0.2, -0.15) is 0 Å². The summed E-state index contributed by atoms with van der Waals surface area (Å²) in [6, 6.07) is 50.0. The summed E-state index contributed by atoms with van der Waals surface area (Å²) >= 11 is 0. The van der Waals surface area contributed by atoms with E-state index in [0.717, 1.165) is 16.6 Å². The molecule has 0 bridgehead atoms. The molecule has 43 heavy (non-hydrogen) atoms. The number of hydrogen-bond acceptors (Lipinski definition) is 3. The van der Waals surface area contributed by atoms with E-state index in [1.807, 2.05) is 36.8 Å². The molecule has 3 aromatic heterocycles. The molecule has 0 aliphatic rings. The molecule has 0 N–H and O–H groups in total. The average molecular weight is 639 g/mol. The van der Waals surface area contributed by atoms with Crippen molar-refractivity contribution >= 4 is 65.0 Å². The van der Waals surface area contributed by atoms with Crippen molar-refractivity contribution in [2.75, 3.05) is 0 Å². The monoisotopic (exact) mass is 639 g/mol. The van der Waals surface area contributed by atoms with Crippen molar-refractivity contribution in [2.24, 2.45) is 0 Å². The van der Waals surface area contributed by atoms with Crippen molar-refractivity contribution in [3.8, 4) is 0 Å². The van der Waals surface area contributed by atoms with Crippen LogP contribution in [0.1, 0.15) is 0 Å². The Morgan fingerprint density at radius 1 is 0.256 bits per heavy atom. The van der Waals surface area contributed by atoms with Gasteiger partial charge in [0.15, 0.2) is 0 Å². The second-order valence-corrected chi connectivity index (χ2v) is 10.1. The fourth-order valence-corrected chi connectivity index (χ4v) is 5.44. The molecule has 9 rings (SSSR count). The Balaban J connectivity index is 0.000000113. The normalized spacial score (nSPS) is 10.6. The van der Waals surface area contributed by atoms with Gasteiger partial charge in [0.2, 0.25) is 0 Å². The maximum Gasteiger partial charge on any atom is 3.00 e. The summed E-state index contributed by atoms with van der Waals surface area (Å²) in [5.41, 5.74) is 3.27. The molecule has 0 fully saturated rings. The van der Waals surface area contributed by atoms with Crippen LogP contribution in [0.25, 0.3) is 65.0 Å². The van der Waals surface area contributed by atoms with E-state index in [4.69, 9.17) is 0 Å². The third-order valence-corrected chi connectivity index (χ3v) is 7.49. The molecule has 0 amide bonds. The second kappa shape index (κ2) is 12.9. The molecule has 3 heterocycles. The van der Waals surface area contributed by atoms with Crippen molar-refractivity contribution in [1.82, 2.24) is 15.0 Å². The predicted octanol–water partition coefficient (Wildman–Crippen LogP) is 10.2. The molecule has 3 nitrogen and oxygen atoms in total. The van der Waals surface area contributed by atoms with Crippen LogP contribution in [-0.4, -0.2) is 15.0 Å². The zero-order valence-electron chi connectivity index (χ0n) is 23.3. The van der Waals surface area contributed by atoms with Gasteiger partial charge in [-0.1, -0.05) is 127 Å². The molecule has 6 aromatic carbocycles. The Labute approximate surface area is 262 Å². The smallest absolute Gasteiger partial charge is 0.256 e. The zero-order chi connectivity index (χ0) is 28.1. The topological polar surface area (TPSA) is 38.7 Å². The third-order valence-electron chi connectivity index (χ3n) is 7.49. The number of pyridine rings is 3. The van der Waals surface area contributed by atoms with Crippen LogP contribution in [0.3, 0.4) is 0 Å². The maximum absolute atomic E-state index is 4.41. The predicted molar refractivity (Wildman–Crippen MR) is 178 cm³/mol. The van der Waals surface area contributed by atoms with Gasteiger partial charge in [-0.3, -0.25) is 15.0 Å². The van der Waals surface area contributed by atoms with Gasteiger partial charge in [0, 0.05) is 50.9 Å². The fourth-order valence-electron chi connectivity index (χ4n) is 5.44. The summed E-state index contributed by atoms with van der Waals surface area (Å²) in [4.78, 5) is 13.2. The van der Waals surface area contributed by atoms with Crippen LogP contribution in [-0.2, 0) is 19.5 Å². The number of nitrogens with zero attached hydrogens (tertiary/aromatic N) is 3. The van der Waals surface area contributed by atoms with Gasteiger partial charge in [0.05, 0.1) is 16.6 Å². The number of hydrogen-bond donors (Lipinski definition) is 0. The zero-order valence-corrected chi connectivity index (χ0v) is 25.0. The van der Waals surface area contributed by atoms with Crippen LogP contribution in [0.4, 0.5) is 0 Å². The maximum atomic E-state index is 4.41.